The Hall–Kier alpha value is -1.18. The normalized spacial score (nSPS) is 21.2. The maximum atomic E-state index is 12.2. The van der Waals surface area contributed by atoms with Crippen molar-refractivity contribution in [2.75, 3.05) is 13.1 Å². The van der Waals surface area contributed by atoms with Crippen LogP contribution in [0.3, 0.4) is 0 Å². The van der Waals surface area contributed by atoms with Crippen LogP contribution in [0.1, 0.15) is 23.7 Å². The second kappa shape index (κ2) is 7.72. The zero-order chi connectivity index (χ0) is 14.7. The maximum absolute atomic E-state index is 12.2. The fourth-order valence-corrected chi connectivity index (χ4v) is 2.78. The van der Waals surface area contributed by atoms with Crippen LogP contribution in [-0.4, -0.2) is 30.0 Å². The minimum Gasteiger partial charge on any atom is -0.348 e. The van der Waals surface area contributed by atoms with Gasteiger partial charge in [-0.15, -0.1) is 12.4 Å². The van der Waals surface area contributed by atoms with Gasteiger partial charge in [-0.05, 0) is 40.9 Å². The molecule has 1 heterocycles. The van der Waals surface area contributed by atoms with Crippen LogP contribution in [0.15, 0.2) is 22.7 Å². The van der Waals surface area contributed by atoms with E-state index < -0.39 is 4.92 Å². The molecule has 1 aliphatic heterocycles. The van der Waals surface area contributed by atoms with Gasteiger partial charge in [0.2, 0.25) is 0 Å². The quantitative estimate of drug-likeness (QED) is 0.625. The molecule has 2 rings (SSSR count). The minimum atomic E-state index is -0.487. The molecule has 6 nitrogen and oxygen atoms in total. The fourth-order valence-electron chi connectivity index (χ4n) is 2.23. The highest BCUT2D eigenvalue weighted by atomic mass is 79.9. The van der Waals surface area contributed by atoms with E-state index in [1.165, 1.54) is 18.2 Å². The first kappa shape index (κ1) is 17.9. The Bertz CT molecular complexity index is 541. The summed E-state index contributed by atoms with van der Waals surface area (Å²) in [5.41, 5.74) is 0.370. The molecule has 1 saturated heterocycles. The largest absolute Gasteiger partial charge is 0.348 e. The van der Waals surface area contributed by atoms with Gasteiger partial charge in [-0.3, -0.25) is 14.9 Å². The van der Waals surface area contributed by atoms with E-state index in [1.807, 2.05) is 0 Å². The number of hydrogen-bond donors (Lipinski definition) is 2. The lowest BCUT2D eigenvalue weighted by Gasteiger charge is -2.30. The van der Waals surface area contributed by atoms with Crippen molar-refractivity contribution in [1.82, 2.24) is 10.6 Å². The molecule has 1 fully saturated rings. The molecule has 21 heavy (non-hydrogen) atoms. The number of nitrogens with one attached hydrogen (secondary N) is 2. The molecule has 2 atom stereocenters. The summed E-state index contributed by atoms with van der Waals surface area (Å²) in [5.74, 6) is 0.198. The fraction of sp³-hybridized carbons (Fsp3) is 0.462. The Balaban J connectivity index is 0.00000220. The average Bonchev–Trinajstić information content (AvgIpc) is 2.41. The first-order valence-electron chi connectivity index (χ1n) is 6.44. The number of piperidine rings is 1. The SMILES string of the molecule is CC1CCNCC1NC(=O)c1ccc([N+](=O)[O-])cc1Br.Cl. The lowest BCUT2D eigenvalue weighted by Crippen LogP contribution is -2.50. The van der Waals surface area contributed by atoms with Crippen molar-refractivity contribution in [3.05, 3.63) is 38.3 Å². The van der Waals surface area contributed by atoms with Crippen LogP contribution in [0, 0.1) is 16.0 Å². The Morgan fingerprint density at radius 2 is 2.24 bits per heavy atom. The topological polar surface area (TPSA) is 84.3 Å². The molecule has 1 aromatic carbocycles. The molecule has 0 bridgehead atoms. The third kappa shape index (κ3) is 4.39. The standard InChI is InChI=1S/C13H16BrN3O3.ClH/c1-8-4-5-15-7-12(8)16-13(18)10-3-2-9(17(19)20)6-11(10)14;/h2-3,6,8,12,15H,4-5,7H2,1H3,(H,16,18);1H. The van der Waals surface area contributed by atoms with E-state index in [9.17, 15) is 14.9 Å². The zero-order valence-corrected chi connectivity index (χ0v) is 13.9. The summed E-state index contributed by atoms with van der Waals surface area (Å²) < 4.78 is 0.431. The van der Waals surface area contributed by atoms with Crippen molar-refractivity contribution in [3.63, 3.8) is 0 Å². The van der Waals surface area contributed by atoms with Crippen LogP contribution >= 0.6 is 28.3 Å². The van der Waals surface area contributed by atoms with Crippen LogP contribution < -0.4 is 10.6 Å². The molecule has 0 spiro atoms. The van der Waals surface area contributed by atoms with Gasteiger partial charge in [-0.2, -0.15) is 0 Å². The monoisotopic (exact) mass is 377 g/mol. The summed E-state index contributed by atoms with van der Waals surface area (Å²) in [6.45, 7) is 3.82. The van der Waals surface area contributed by atoms with Gasteiger partial charge in [-0.1, -0.05) is 6.92 Å². The highest BCUT2D eigenvalue weighted by Gasteiger charge is 2.24. The van der Waals surface area contributed by atoms with Gasteiger partial charge in [0.15, 0.2) is 0 Å². The molecule has 1 aliphatic rings. The summed E-state index contributed by atoms with van der Waals surface area (Å²) in [7, 11) is 0. The van der Waals surface area contributed by atoms with Gasteiger partial charge in [0.25, 0.3) is 11.6 Å². The number of rotatable bonds is 3. The van der Waals surface area contributed by atoms with Gasteiger partial charge in [0.1, 0.15) is 0 Å². The first-order chi connectivity index (χ1) is 9.49. The van der Waals surface area contributed by atoms with Crippen LogP contribution in [0.25, 0.3) is 0 Å². The molecule has 1 amide bonds. The Kier molecular flexibility index (Phi) is 6.57. The summed E-state index contributed by atoms with van der Waals surface area (Å²) in [5, 5.41) is 16.9. The number of non-ortho nitro benzene ring substituents is 1. The molecule has 8 heteroatoms. The van der Waals surface area contributed by atoms with E-state index in [0.29, 0.717) is 16.0 Å². The summed E-state index contributed by atoms with van der Waals surface area (Å²) >= 11 is 3.22. The van der Waals surface area contributed by atoms with E-state index in [0.717, 1.165) is 19.5 Å². The third-order valence-electron chi connectivity index (χ3n) is 3.55. The van der Waals surface area contributed by atoms with E-state index in [2.05, 4.69) is 33.5 Å². The number of hydrogen-bond acceptors (Lipinski definition) is 4. The number of benzene rings is 1. The Morgan fingerprint density at radius 1 is 1.52 bits per heavy atom. The molecule has 0 radical (unpaired) electrons. The van der Waals surface area contributed by atoms with Gasteiger partial charge < -0.3 is 10.6 Å². The molecular formula is C13H17BrClN3O3. The van der Waals surface area contributed by atoms with Gasteiger partial charge in [-0.25, -0.2) is 0 Å². The minimum absolute atomic E-state index is 0. The van der Waals surface area contributed by atoms with Gasteiger partial charge >= 0.3 is 0 Å². The third-order valence-corrected chi connectivity index (χ3v) is 4.21. The van der Waals surface area contributed by atoms with Crippen molar-refractivity contribution in [2.45, 2.75) is 19.4 Å². The van der Waals surface area contributed by atoms with E-state index in [4.69, 9.17) is 0 Å². The lowest BCUT2D eigenvalue weighted by atomic mass is 9.94. The van der Waals surface area contributed by atoms with Crippen LogP contribution in [0.2, 0.25) is 0 Å². The van der Waals surface area contributed by atoms with Crippen molar-refractivity contribution >= 4 is 39.9 Å². The number of nitrogens with zero attached hydrogens (tertiary/aromatic N) is 1. The van der Waals surface area contributed by atoms with Crippen molar-refractivity contribution < 1.29 is 9.72 Å². The van der Waals surface area contributed by atoms with E-state index in [1.54, 1.807) is 0 Å². The summed E-state index contributed by atoms with van der Waals surface area (Å²) in [4.78, 5) is 22.4. The van der Waals surface area contributed by atoms with Crippen molar-refractivity contribution in [2.24, 2.45) is 5.92 Å². The molecular weight excluding hydrogens is 362 g/mol. The number of carbonyl (C=O) groups excluding carboxylic acids is 1. The predicted octanol–water partition coefficient (Wildman–Crippen LogP) is 2.51. The van der Waals surface area contributed by atoms with E-state index in [-0.39, 0.29) is 30.0 Å². The smallest absolute Gasteiger partial charge is 0.270 e. The van der Waals surface area contributed by atoms with Gasteiger partial charge in [0.05, 0.1) is 10.5 Å². The molecule has 2 N–H and O–H groups in total. The highest BCUT2D eigenvalue weighted by Crippen LogP contribution is 2.23. The van der Waals surface area contributed by atoms with Crippen LogP contribution in [0.4, 0.5) is 5.69 Å². The van der Waals surface area contributed by atoms with Crippen LogP contribution in [0.5, 0.6) is 0 Å². The first-order valence-corrected chi connectivity index (χ1v) is 7.24. The average molecular weight is 379 g/mol. The molecule has 0 aromatic heterocycles. The number of halogens is 2. The maximum Gasteiger partial charge on any atom is 0.270 e. The number of carbonyl (C=O) groups is 1. The molecule has 116 valence electrons. The molecule has 2 unspecified atom stereocenters. The summed E-state index contributed by atoms with van der Waals surface area (Å²) in [6.07, 6.45) is 1.02. The van der Waals surface area contributed by atoms with E-state index >= 15 is 0 Å². The van der Waals surface area contributed by atoms with Crippen LogP contribution in [-0.2, 0) is 0 Å². The van der Waals surface area contributed by atoms with Crippen molar-refractivity contribution in [1.29, 1.82) is 0 Å². The predicted molar refractivity (Wildman–Crippen MR) is 85.9 cm³/mol. The number of amides is 1. The molecule has 1 aromatic rings. The van der Waals surface area contributed by atoms with Crippen molar-refractivity contribution in [3.8, 4) is 0 Å². The number of nitro groups is 1. The lowest BCUT2D eigenvalue weighted by molar-refractivity contribution is -0.384. The highest BCUT2D eigenvalue weighted by molar-refractivity contribution is 9.10. The second-order valence-electron chi connectivity index (χ2n) is 4.97. The van der Waals surface area contributed by atoms with Gasteiger partial charge in [0, 0.05) is 29.2 Å². The zero-order valence-electron chi connectivity index (χ0n) is 11.5. The number of nitro benzene ring substituents is 1. The molecule has 0 aliphatic carbocycles. The Labute approximate surface area is 137 Å². The Morgan fingerprint density at radius 3 is 2.81 bits per heavy atom. The molecule has 0 saturated carbocycles. The second-order valence-corrected chi connectivity index (χ2v) is 5.83. The summed E-state index contributed by atoms with van der Waals surface area (Å²) in [6, 6.07) is 4.23.